The summed E-state index contributed by atoms with van der Waals surface area (Å²) in [5, 5.41) is 0.213. The molecule has 1 fully saturated rings. The molecule has 3 rings (SSSR count). The van der Waals surface area contributed by atoms with Gasteiger partial charge in [-0.05, 0) is 47.7 Å². The van der Waals surface area contributed by atoms with Crippen molar-refractivity contribution < 1.29 is 28.2 Å². The number of halogens is 2. The second-order valence-corrected chi connectivity index (χ2v) is 7.62. The van der Waals surface area contributed by atoms with Crippen molar-refractivity contribution in [2.24, 2.45) is 4.99 Å². The van der Waals surface area contributed by atoms with Gasteiger partial charge in [0.15, 0.2) is 16.7 Å². The summed E-state index contributed by atoms with van der Waals surface area (Å²) in [4.78, 5) is 30.6. The highest BCUT2D eigenvalue weighted by molar-refractivity contribution is 8.18. The summed E-state index contributed by atoms with van der Waals surface area (Å²) >= 11 is 6.85. The first-order chi connectivity index (χ1) is 14.9. The van der Waals surface area contributed by atoms with Gasteiger partial charge in [-0.3, -0.25) is 9.69 Å². The fourth-order valence-corrected chi connectivity index (χ4v) is 3.86. The molecule has 1 amide bonds. The minimum Gasteiger partial charge on any atom is -0.493 e. The number of nitrogens with zero attached hydrogens (tertiary/aromatic N) is 2. The fourth-order valence-electron chi connectivity index (χ4n) is 2.72. The number of aliphatic imine (C=N–C) groups is 1. The predicted molar refractivity (Wildman–Crippen MR) is 116 cm³/mol. The van der Waals surface area contributed by atoms with Crippen LogP contribution >= 0.6 is 23.4 Å². The minimum absolute atomic E-state index is 0.0899. The number of amidine groups is 1. The van der Waals surface area contributed by atoms with Gasteiger partial charge in [0.1, 0.15) is 5.82 Å². The molecule has 10 heteroatoms. The van der Waals surface area contributed by atoms with Gasteiger partial charge in [-0.25, -0.2) is 14.2 Å². The lowest BCUT2D eigenvalue weighted by atomic mass is 10.2. The SMILES string of the molecule is COC(=O)C=C1SC(=Nc2ccc(F)c(Cl)c2)N(Cc2ccc(OC)c(OC)c2)C1=O. The van der Waals surface area contributed by atoms with Gasteiger partial charge in [0.25, 0.3) is 5.91 Å². The van der Waals surface area contributed by atoms with E-state index in [0.29, 0.717) is 22.4 Å². The summed E-state index contributed by atoms with van der Waals surface area (Å²) in [7, 11) is 4.27. The van der Waals surface area contributed by atoms with E-state index in [-0.39, 0.29) is 16.5 Å². The number of methoxy groups -OCH3 is 3. The van der Waals surface area contributed by atoms with Crippen LogP contribution in [0.5, 0.6) is 11.5 Å². The van der Waals surface area contributed by atoms with Gasteiger partial charge >= 0.3 is 5.97 Å². The highest BCUT2D eigenvalue weighted by Crippen LogP contribution is 2.36. The number of carbonyl (C=O) groups is 2. The van der Waals surface area contributed by atoms with Crippen LogP contribution in [0.3, 0.4) is 0 Å². The van der Waals surface area contributed by atoms with Crippen LogP contribution in [0.1, 0.15) is 5.56 Å². The number of benzene rings is 2. The van der Waals surface area contributed by atoms with Gasteiger partial charge in [-0.1, -0.05) is 17.7 Å². The molecule has 1 aliphatic rings. The van der Waals surface area contributed by atoms with Gasteiger partial charge in [0, 0.05) is 6.08 Å². The molecule has 0 radical (unpaired) electrons. The van der Waals surface area contributed by atoms with Crippen molar-refractivity contribution in [2.75, 3.05) is 21.3 Å². The summed E-state index contributed by atoms with van der Waals surface area (Å²) in [6, 6.07) is 9.23. The lowest BCUT2D eigenvalue weighted by Gasteiger charge is -2.17. The zero-order valence-electron chi connectivity index (χ0n) is 16.8. The van der Waals surface area contributed by atoms with Gasteiger partial charge in [0.2, 0.25) is 0 Å². The number of hydrogen-bond donors (Lipinski definition) is 0. The van der Waals surface area contributed by atoms with Crippen LogP contribution < -0.4 is 9.47 Å². The Bertz CT molecular complexity index is 1090. The topological polar surface area (TPSA) is 77.4 Å². The molecule has 2 aromatic carbocycles. The molecule has 1 saturated heterocycles. The average molecular weight is 465 g/mol. The number of rotatable bonds is 6. The number of amides is 1. The monoisotopic (exact) mass is 464 g/mol. The van der Waals surface area contributed by atoms with E-state index >= 15 is 0 Å². The Labute approximate surface area is 187 Å². The lowest BCUT2D eigenvalue weighted by Crippen LogP contribution is -2.28. The zero-order chi connectivity index (χ0) is 22.5. The normalized spacial score (nSPS) is 16.2. The van der Waals surface area contributed by atoms with Gasteiger partial charge in [-0.2, -0.15) is 0 Å². The molecule has 7 nitrogen and oxygen atoms in total. The lowest BCUT2D eigenvalue weighted by molar-refractivity contribution is -0.135. The van der Waals surface area contributed by atoms with E-state index in [1.807, 2.05) is 0 Å². The van der Waals surface area contributed by atoms with Crippen molar-refractivity contribution in [3.8, 4) is 11.5 Å². The Kier molecular flexibility index (Phi) is 7.19. The highest BCUT2D eigenvalue weighted by atomic mass is 35.5. The summed E-state index contributed by atoms with van der Waals surface area (Å²) < 4.78 is 28.7. The molecule has 2 aromatic rings. The Morgan fingerprint density at radius 2 is 1.90 bits per heavy atom. The quantitative estimate of drug-likeness (QED) is 0.468. The second kappa shape index (κ2) is 9.84. The van der Waals surface area contributed by atoms with E-state index in [2.05, 4.69) is 9.73 Å². The van der Waals surface area contributed by atoms with E-state index in [1.165, 1.54) is 44.4 Å². The molecule has 0 aromatic heterocycles. The predicted octanol–water partition coefficient (Wildman–Crippen LogP) is 4.32. The first-order valence-electron chi connectivity index (χ1n) is 8.90. The first-order valence-corrected chi connectivity index (χ1v) is 10.1. The van der Waals surface area contributed by atoms with E-state index in [4.69, 9.17) is 21.1 Å². The molecule has 0 aliphatic carbocycles. The van der Waals surface area contributed by atoms with Crippen molar-refractivity contribution in [1.82, 2.24) is 4.90 Å². The van der Waals surface area contributed by atoms with E-state index in [0.717, 1.165) is 23.4 Å². The van der Waals surface area contributed by atoms with Crippen LogP contribution in [0.2, 0.25) is 5.02 Å². The van der Waals surface area contributed by atoms with Gasteiger partial charge in [-0.15, -0.1) is 0 Å². The first kappa shape index (κ1) is 22.6. The Morgan fingerprint density at radius 1 is 1.16 bits per heavy atom. The molecule has 1 aliphatic heterocycles. The van der Waals surface area contributed by atoms with E-state index in [9.17, 15) is 14.0 Å². The summed E-state index contributed by atoms with van der Waals surface area (Å²) in [6.45, 7) is 0.151. The van der Waals surface area contributed by atoms with E-state index in [1.54, 1.807) is 18.2 Å². The Balaban J connectivity index is 1.99. The molecule has 0 N–H and O–H groups in total. The largest absolute Gasteiger partial charge is 0.493 e. The maximum atomic E-state index is 13.5. The maximum Gasteiger partial charge on any atom is 0.331 e. The second-order valence-electron chi connectivity index (χ2n) is 6.21. The van der Waals surface area contributed by atoms with Crippen molar-refractivity contribution in [2.45, 2.75) is 6.54 Å². The van der Waals surface area contributed by atoms with Crippen LogP contribution in [-0.2, 0) is 20.9 Å². The minimum atomic E-state index is -0.659. The number of carbonyl (C=O) groups excluding carboxylic acids is 2. The van der Waals surface area contributed by atoms with Crippen LogP contribution in [0.15, 0.2) is 52.4 Å². The molecule has 0 atom stereocenters. The summed E-state index contributed by atoms with van der Waals surface area (Å²) in [5.41, 5.74) is 1.11. The summed E-state index contributed by atoms with van der Waals surface area (Å²) in [6.07, 6.45) is 1.11. The van der Waals surface area contributed by atoms with Crippen LogP contribution in [0, 0.1) is 5.82 Å². The molecule has 1 heterocycles. The third kappa shape index (κ3) is 5.18. The average Bonchev–Trinajstić information content (AvgIpc) is 3.04. The molecule has 0 spiro atoms. The number of hydrogen-bond acceptors (Lipinski definition) is 7. The van der Waals surface area contributed by atoms with Crippen molar-refractivity contribution in [3.05, 3.63) is 63.8 Å². The van der Waals surface area contributed by atoms with Crippen molar-refractivity contribution in [3.63, 3.8) is 0 Å². The Hall–Kier alpha value is -3.04. The zero-order valence-corrected chi connectivity index (χ0v) is 18.4. The highest BCUT2D eigenvalue weighted by Gasteiger charge is 2.34. The standard InChI is InChI=1S/C21H18ClFN2O5S/c1-28-16-7-4-12(8-17(16)29-2)11-25-20(27)18(10-19(26)30-3)31-21(25)24-13-5-6-15(23)14(22)9-13/h4-10H,11H2,1-3H3. The van der Waals surface area contributed by atoms with Crippen LogP contribution in [0.25, 0.3) is 0 Å². The van der Waals surface area contributed by atoms with E-state index < -0.39 is 17.7 Å². The Morgan fingerprint density at radius 3 is 2.55 bits per heavy atom. The number of ether oxygens (including phenoxy) is 3. The molecule has 0 bridgehead atoms. The van der Waals surface area contributed by atoms with Crippen molar-refractivity contribution >= 4 is 46.1 Å². The third-order valence-corrected chi connectivity index (χ3v) is 5.55. The third-order valence-electron chi connectivity index (χ3n) is 4.25. The molecule has 31 heavy (non-hydrogen) atoms. The molecular formula is C21H18ClFN2O5S. The van der Waals surface area contributed by atoms with Gasteiger partial charge < -0.3 is 14.2 Å². The van der Waals surface area contributed by atoms with Crippen LogP contribution in [-0.4, -0.2) is 43.3 Å². The van der Waals surface area contributed by atoms with Gasteiger partial charge in [0.05, 0.1) is 43.5 Å². The summed E-state index contributed by atoms with van der Waals surface area (Å²) in [5.74, 6) is -0.595. The molecule has 0 unspecified atom stereocenters. The number of esters is 1. The fraction of sp³-hybridized carbons (Fsp3) is 0.190. The maximum absolute atomic E-state index is 13.5. The molecular weight excluding hydrogens is 447 g/mol. The van der Waals surface area contributed by atoms with Crippen molar-refractivity contribution in [1.29, 1.82) is 0 Å². The smallest absolute Gasteiger partial charge is 0.331 e. The molecule has 0 saturated carbocycles. The van der Waals surface area contributed by atoms with Crippen LogP contribution in [0.4, 0.5) is 10.1 Å². The number of thioether (sulfide) groups is 1. The molecule has 162 valence electrons.